The van der Waals surface area contributed by atoms with E-state index >= 15 is 0 Å². The first-order valence-electron chi connectivity index (χ1n) is 6.24. The molecule has 0 radical (unpaired) electrons. The van der Waals surface area contributed by atoms with E-state index in [1.54, 1.807) is 5.57 Å². The van der Waals surface area contributed by atoms with Gasteiger partial charge >= 0.3 is 0 Å². The van der Waals surface area contributed by atoms with Crippen LogP contribution in [0, 0.1) is 5.92 Å². The van der Waals surface area contributed by atoms with Crippen LogP contribution in [-0.4, -0.2) is 25.0 Å². The van der Waals surface area contributed by atoms with Crippen molar-refractivity contribution >= 4 is 17.2 Å². The van der Waals surface area contributed by atoms with Crippen molar-refractivity contribution in [2.45, 2.75) is 20.3 Å². The standard InChI is InChI=1S/C15H20ClN/c1-11(2)15-10-17(3)9-8-14(15)12-4-6-13(16)7-5-12/h4-7,11H,8-10H2,1-3H3. The highest BCUT2D eigenvalue weighted by Gasteiger charge is 2.19. The van der Waals surface area contributed by atoms with Crippen molar-refractivity contribution in [2.75, 3.05) is 20.1 Å². The maximum atomic E-state index is 5.95. The Hall–Kier alpha value is -0.790. The van der Waals surface area contributed by atoms with Gasteiger partial charge in [0.05, 0.1) is 0 Å². The fourth-order valence-corrected chi connectivity index (χ4v) is 2.57. The molecule has 0 unspecified atom stereocenters. The van der Waals surface area contributed by atoms with E-state index in [2.05, 4.69) is 37.9 Å². The van der Waals surface area contributed by atoms with Gasteiger partial charge in [-0.15, -0.1) is 0 Å². The largest absolute Gasteiger partial charge is 0.302 e. The van der Waals surface area contributed by atoms with E-state index in [-0.39, 0.29) is 0 Å². The highest BCUT2D eigenvalue weighted by atomic mass is 35.5. The monoisotopic (exact) mass is 249 g/mol. The average Bonchev–Trinajstić information content (AvgIpc) is 2.30. The molecule has 2 rings (SSSR count). The summed E-state index contributed by atoms with van der Waals surface area (Å²) in [7, 11) is 2.20. The Bertz CT molecular complexity index is 417. The van der Waals surface area contributed by atoms with Gasteiger partial charge in [0.2, 0.25) is 0 Å². The molecule has 0 aliphatic carbocycles. The van der Waals surface area contributed by atoms with Gasteiger partial charge in [0.15, 0.2) is 0 Å². The topological polar surface area (TPSA) is 3.24 Å². The average molecular weight is 250 g/mol. The van der Waals surface area contributed by atoms with E-state index in [4.69, 9.17) is 11.6 Å². The number of benzene rings is 1. The molecule has 92 valence electrons. The third-order valence-electron chi connectivity index (χ3n) is 3.46. The molecule has 0 saturated heterocycles. The van der Waals surface area contributed by atoms with E-state index in [1.165, 1.54) is 11.1 Å². The van der Waals surface area contributed by atoms with Crippen LogP contribution < -0.4 is 0 Å². The van der Waals surface area contributed by atoms with Crippen molar-refractivity contribution in [3.8, 4) is 0 Å². The van der Waals surface area contributed by atoms with Crippen LogP contribution in [0.4, 0.5) is 0 Å². The molecule has 0 N–H and O–H groups in total. The number of hydrogen-bond acceptors (Lipinski definition) is 1. The molecule has 17 heavy (non-hydrogen) atoms. The minimum absolute atomic E-state index is 0.614. The third kappa shape index (κ3) is 2.91. The smallest absolute Gasteiger partial charge is 0.0406 e. The van der Waals surface area contributed by atoms with E-state index < -0.39 is 0 Å². The van der Waals surface area contributed by atoms with Crippen molar-refractivity contribution < 1.29 is 0 Å². The summed E-state index contributed by atoms with van der Waals surface area (Å²) in [5, 5.41) is 0.813. The van der Waals surface area contributed by atoms with Crippen LogP contribution in [0.25, 0.3) is 5.57 Å². The number of halogens is 1. The van der Waals surface area contributed by atoms with E-state index in [0.29, 0.717) is 5.92 Å². The Morgan fingerprint density at radius 3 is 2.41 bits per heavy atom. The first-order valence-corrected chi connectivity index (χ1v) is 6.62. The summed E-state index contributed by atoms with van der Waals surface area (Å²) in [6.45, 7) is 6.80. The Kier molecular flexibility index (Phi) is 3.90. The van der Waals surface area contributed by atoms with Crippen LogP contribution in [0.5, 0.6) is 0 Å². The van der Waals surface area contributed by atoms with Crippen LogP contribution in [0.2, 0.25) is 5.02 Å². The molecule has 1 aromatic rings. The number of rotatable bonds is 2. The molecule has 1 nitrogen and oxygen atoms in total. The second-order valence-electron chi connectivity index (χ2n) is 5.15. The molecular formula is C15H20ClN. The molecule has 0 atom stereocenters. The van der Waals surface area contributed by atoms with Crippen molar-refractivity contribution in [2.24, 2.45) is 5.92 Å². The van der Waals surface area contributed by atoms with Gasteiger partial charge in [0.1, 0.15) is 0 Å². The molecule has 1 aliphatic heterocycles. The van der Waals surface area contributed by atoms with E-state index in [0.717, 1.165) is 24.5 Å². The Morgan fingerprint density at radius 1 is 1.18 bits per heavy atom. The van der Waals surface area contributed by atoms with Gasteiger partial charge in [0, 0.05) is 18.1 Å². The predicted molar refractivity (Wildman–Crippen MR) is 75.3 cm³/mol. The molecule has 1 aliphatic rings. The lowest BCUT2D eigenvalue weighted by Gasteiger charge is -2.30. The molecule has 0 amide bonds. The molecule has 0 spiro atoms. The minimum Gasteiger partial charge on any atom is -0.302 e. The molecule has 1 heterocycles. The first-order chi connectivity index (χ1) is 8.08. The quantitative estimate of drug-likeness (QED) is 0.763. The molecule has 0 saturated carbocycles. The van der Waals surface area contributed by atoms with E-state index in [1.807, 2.05) is 12.1 Å². The summed E-state index contributed by atoms with van der Waals surface area (Å²) in [5.74, 6) is 0.614. The number of nitrogens with zero attached hydrogens (tertiary/aromatic N) is 1. The minimum atomic E-state index is 0.614. The summed E-state index contributed by atoms with van der Waals surface area (Å²) in [4.78, 5) is 2.40. The lowest BCUT2D eigenvalue weighted by atomic mass is 9.88. The van der Waals surface area contributed by atoms with Crippen molar-refractivity contribution in [3.63, 3.8) is 0 Å². The number of hydrogen-bond donors (Lipinski definition) is 0. The molecule has 0 bridgehead atoms. The maximum Gasteiger partial charge on any atom is 0.0406 e. The second-order valence-corrected chi connectivity index (χ2v) is 5.59. The molecule has 0 aromatic heterocycles. The fraction of sp³-hybridized carbons (Fsp3) is 0.467. The van der Waals surface area contributed by atoms with Crippen LogP contribution >= 0.6 is 11.6 Å². The van der Waals surface area contributed by atoms with Gasteiger partial charge < -0.3 is 4.90 Å². The zero-order chi connectivity index (χ0) is 12.4. The maximum absolute atomic E-state index is 5.95. The Morgan fingerprint density at radius 2 is 1.82 bits per heavy atom. The van der Waals surface area contributed by atoms with Gasteiger partial charge in [0.25, 0.3) is 0 Å². The summed E-state index contributed by atoms with van der Waals surface area (Å²) >= 11 is 5.95. The zero-order valence-corrected chi connectivity index (χ0v) is 11.6. The summed E-state index contributed by atoms with van der Waals surface area (Å²) in [5.41, 5.74) is 4.43. The van der Waals surface area contributed by atoms with Crippen LogP contribution in [0.3, 0.4) is 0 Å². The zero-order valence-electron chi connectivity index (χ0n) is 10.8. The number of likely N-dealkylation sites (N-methyl/N-ethyl adjacent to an activating group) is 1. The van der Waals surface area contributed by atoms with Gasteiger partial charge in [-0.1, -0.05) is 37.6 Å². The molecule has 1 aromatic carbocycles. The van der Waals surface area contributed by atoms with Crippen LogP contribution in [-0.2, 0) is 0 Å². The molecule has 0 fully saturated rings. The lowest BCUT2D eigenvalue weighted by molar-refractivity contribution is 0.347. The van der Waals surface area contributed by atoms with Crippen LogP contribution in [0.15, 0.2) is 29.8 Å². The highest BCUT2D eigenvalue weighted by Crippen LogP contribution is 2.31. The van der Waals surface area contributed by atoms with Crippen molar-refractivity contribution in [3.05, 3.63) is 40.4 Å². The first kappa shape index (κ1) is 12.7. The Balaban J connectivity index is 2.39. The van der Waals surface area contributed by atoms with Crippen LogP contribution in [0.1, 0.15) is 25.8 Å². The van der Waals surface area contributed by atoms with Crippen molar-refractivity contribution in [1.82, 2.24) is 4.90 Å². The Labute approximate surface area is 109 Å². The predicted octanol–water partition coefficient (Wildman–Crippen LogP) is 4.09. The molecular weight excluding hydrogens is 230 g/mol. The van der Waals surface area contributed by atoms with E-state index in [9.17, 15) is 0 Å². The van der Waals surface area contributed by atoms with Gasteiger partial charge in [-0.05, 0) is 48.2 Å². The third-order valence-corrected chi connectivity index (χ3v) is 3.71. The molecule has 2 heteroatoms. The van der Waals surface area contributed by atoms with Gasteiger partial charge in [-0.2, -0.15) is 0 Å². The summed E-state index contributed by atoms with van der Waals surface area (Å²) in [6.07, 6.45) is 1.14. The van der Waals surface area contributed by atoms with Gasteiger partial charge in [-0.25, -0.2) is 0 Å². The fourth-order valence-electron chi connectivity index (χ4n) is 2.44. The van der Waals surface area contributed by atoms with Gasteiger partial charge in [-0.3, -0.25) is 0 Å². The SMILES string of the molecule is CC(C)C1=C(c2ccc(Cl)cc2)CCN(C)C1. The highest BCUT2D eigenvalue weighted by molar-refractivity contribution is 6.30. The summed E-state index contributed by atoms with van der Waals surface area (Å²) in [6, 6.07) is 8.26. The lowest BCUT2D eigenvalue weighted by Crippen LogP contribution is -2.29. The normalized spacial score (nSPS) is 17.9. The van der Waals surface area contributed by atoms with Crippen molar-refractivity contribution in [1.29, 1.82) is 0 Å². The summed E-state index contributed by atoms with van der Waals surface area (Å²) < 4.78 is 0. The second kappa shape index (κ2) is 5.24.